The van der Waals surface area contributed by atoms with Gasteiger partial charge in [0.2, 0.25) is 5.91 Å². The van der Waals surface area contributed by atoms with Crippen LogP contribution in [-0.2, 0) is 4.79 Å². The van der Waals surface area contributed by atoms with Crippen molar-refractivity contribution >= 4 is 34.0 Å². The standard InChI is InChI=1S/C21H20N4O3/c1-27-14-8-9-18-17(10-14)22-19(26)11-25(18)20-15-4-2-3-5-16(15)23-21(24-20)28-12-13-6-7-13/h2-5,8-10,13H,6-7,11-12H2,1H3,(H,22,26). The maximum atomic E-state index is 12.4. The van der Waals surface area contributed by atoms with E-state index in [1.165, 1.54) is 12.8 Å². The molecule has 142 valence electrons. The lowest BCUT2D eigenvalue weighted by Crippen LogP contribution is -2.35. The highest BCUT2D eigenvalue weighted by Crippen LogP contribution is 2.39. The van der Waals surface area contributed by atoms with E-state index < -0.39 is 0 Å². The van der Waals surface area contributed by atoms with Crippen molar-refractivity contribution in [2.75, 3.05) is 30.5 Å². The van der Waals surface area contributed by atoms with Gasteiger partial charge in [0.1, 0.15) is 18.1 Å². The number of ether oxygens (including phenoxy) is 2. The van der Waals surface area contributed by atoms with Crippen molar-refractivity contribution in [3.05, 3.63) is 42.5 Å². The highest BCUT2D eigenvalue weighted by atomic mass is 16.5. The van der Waals surface area contributed by atoms with Crippen LogP contribution in [0.2, 0.25) is 0 Å². The van der Waals surface area contributed by atoms with Gasteiger partial charge in [0.05, 0.1) is 30.6 Å². The highest BCUT2D eigenvalue weighted by molar-refractivity contribution is 6.05. The molecule has 0 saturated heterocycles. The molecule has 1 aromatic heterocycles. The fourth-order valence-corrected chi connectivity index (χ4v) is 3.37. The van der Waals surface area contributed by atoms with E-state index in [0.717, 1.165) is 16.6 Å². The molecule has 1 aliphatic heterocycles. The summed E-state index contributed by atoms with van der Waals surface area (Å²) in [4.78, 5) is 23.5. The van der Waals surface area contributed by atoms with Crippen molar-refractivity contribution in [1.82, 2.24) is 9.97 Å². The molecule has 28 heavy (non-hydrogen) atoms. The Hall–Kier alpha value is -3.35. The van der Waals surface area contributed by atoms with Crippen LogP contribution < -0.4 is 19.7 Å². The van der Waals surface area contributed by atoms with Crippen LogP contribution in [0.4, 0.5) is 17.2 Å². The van der Waals surface area contributed by atoms with Crippen LogP contribution in [0.15, 0.2) is 42.5 Å². The van der Waals surface area contributed by atoms with Gasteiger partial charge in [0.25, 0.3) is 0 Å². The van der Waals surface area contributed by atoms with Gasteiger partial charge in [-0.15, -0.1) is 0 Å². The summed E-state index contributed by atoms with van der Waals surface area (Å²) in [6.45, 7) is 0.800. The summed E-state index contributed by atoms with van der Waals surface area (Å²) in [5.74, 6) is 1.84. The van der Waals surface area contributed by atoms with Gasteiger partial charge in [-0.05, 0) is 43.0 Å². The highest BCUT2D eigenvalue weighted by Gasteiger charge is 2.27. The number of rotatable bonds is 5. The van der Waals surface area contributed by atoms with Crippen molar-refractivity contribution in [2.45, 2.75) is 12.8 Å². The number of benzene rings is 2. The van der Waals surface area contributed by atoms with Crippen LogP contribution in [0.5, 0.6) is 11.8 Å². The summed E-state index contributed by atoms with van der Waals surface area (Å²) < 4.78 is 11.1. The predicted octanol–water partition coefficient (Wildman–Crippen LogP) is 3.52. The quantitative estimate of drug-likeness (QED) is 0.734. The minimum atomic E-state index is -0.108. The third-order valence-electron chi connectivity index (χ3n) is 5.03. The topological polar surface area (TPSA) is 76.6 Å². The van der Waals surface area contributed by atoms with E-state index in [1.807, 2.05) is 47.4 Å². The van der Waals surface area contributed by atoms with Gasteiger partial charge in [-0.25, -0.2) is 0 Å². The Morgan fingerprint density at radius 2 is 2.04 bits per heavy atom. The number of hydrogen-bond donors (Lipinski definition) is 1. The average Bonchev–Trinajstić information content (AvgIpc) is 3.55. The van der Waals surface area contributed by atoms with Crippen LogP contribution in [0.1, 0.15) is 12.8 Å². The Morgan fingerprint density at radius 1 is 1.18 bits per heavy atom. The summed E-state index contributed by atoms with van der Waals surface area (Å²) in [5, 5.41) is 3.78. The maximum Gasteiger partial charge on any atom is 0.318 e. The molecule has 5 rings (SSSR count). The van der Waals surface area contributed by atoms with E-state index in [0.29, 0.717) is 35.8 Å². The number of fused-ring (bicyclic) bond motifs is 2. The van der Waals surface area contributed by atoms with Gasteiger partial charge < -0.3 is 19.7 Å². The molecule has 1 saturated carbocycles. The number of nitrogens with zero attached hydrogens (tertiary/aromatic N) is 3. The van der Waals surface area contributed by atoms with Crippen LogP contribution in [0, 0.1) is 5.92 Å². The Morgan fingerprint density at radius 3 is 2.86 bits per heavy atom. The summed E-state index contributed by atoms with van der Waals surface area (Å²) in [6, 6.07) is 13.7. The van der Waals surface area contributed by atoms with Crippen LogP contribution >= 0.6 is 0 Å². The van der Waals surface area contributed by atoms with Gasteiger partial charge in [-0.3, -0.25) is 4.79 Å². The zero-order chi connectivity index (χ0) is 19.1. The van der Waals surface area contributed by atoms with Crippen molar-refractivity contribution in [1.29, 1.82) is 0 Å². The zero-order valence-corrected chi connectivity index (χ0v) is 15.5. The first kappa shape index (κ1) is 16.8. The number of nitrogens with one attached hydrogen (secondary N) is 1. The van der Waals surface area contributed by atoms with E-state index in [4.69, 9.17) is 9.47 Å². The normalized spacial score (nSPS) is 15.9. The molecule has 0 bridgehead atoms. The number of aromatic nitrogens is 2. The summed E-state index contributed by atoms with van der Waals surface area (Å²) in [7, 11) is 1.60. The van der Waals surface area contributed by atoms with Gasteiger partial charge in [0.15, 0.2) is 0 Å². The lowest BCUT2D eigenvalue weighted by molar-refractivity contribution is -0.115. The first-order chi connectivity index (χ1) is 13.7. The van der Waals surface area contributed by atoms with Gasteiger partial charge >= 0.3 is 6.01 Å². The fraction of sp³-hybridized carbons (Fsp3) is 0.286. The summed E-state index contributed by atoms with van der Waals surface area (Å²) >= 11 is 0. The number of methoxy groups -OCH3 is 1. The predicted molar refractivity (Wildman–Crippen MR) is 106 cm³/mol. The van der Waals surface area contributed by atoms with E-state index in [-0.39, 0.29) is 12.5 Å². The lowest BCUT2D eigenvalue weighted by atomic mass is 10.1. The Labute approximate surface area is 162 Å². The van der Waals surface area contributed by atoms with E-state index in [9.17, 15) is 4.79 Å². The summed E-state index contributed by atoms with van der Waals surface area (Å²) in [5.41, 5.74) is 2.34. The van der Waals surface area contributed by atoms with Crippen LogP contribution in [-0.4, -0.2) is 36.1 Å². The van der Waals surface area contributed by atoms with E-state index >= 15 is 0 Å². The molecule has 0 unspecified atom stereocenters. The third-order valence-corrected chi connectivity index (χ3v) is 5.03. The van der Waals surface area contributed by atoms with Crippen molar-refractivity contribution in [3.8, 4) is 11.8 Å². The smallest absolute Gasteiger partial charge is 0.318 e. The molecule has 2 aromatic carbocycles. The van der Waals surface area contributed by atoms with Crippen molar-refractivity contribution in [3.63, 3.8) is 0 Å². The molecule has 3 aromatic rings. The number of para-hydroxylation sites is 1. The van der Waals surface area contributed by atoms with Crippen LogP contribution in [0.25, 0.3) is 10.9 Å². The van der Waals surface area contributed by atoms with E-state index in [2.05, 4.69) is 15.3 Å². The molecular weight excluding hydrogens is 356 g/mol. The number of anilines is 3. The molecular formula is C21H20N4O3. The molecule has 7 heteroatoms. The van der Waals surface area contributed by atoms with Gasteiger partial charge in [0, 0.05) is 11.5 Å². The largest absolute Gasteiger partial charge is 0.497 e. The Bertz CT molecular complexity index is 1060. The van der Waals surface area contributed by atoms with Gasteiger partial charge in [-0.2, -0.15) is 9.97 Å². The molecule has 0 spiro atoms. The molecule has 1 amide bonds. The summed E-state index contributed by atoms with van der Waals surface area (Å²) in [6.07, 6.45) is 2.39. The SMILES string of the molecule is COc1ccc2c(c1)NC(=O)CN2c1nc(OCC2CC2)nc2ccccc12. The maximum absolute atomic E-state index is 12.4. The first-order valence-corrected chi connectivity index (χ1v) is 9.36. The van der Waals surface area contributed by atoms with Gasteiger partial charge in [-0.1, -0.05) is 12.1 Å². The number of amides is 1. The van der Waals surface area contributed by atoms with Crippen molar-refractivity contribution in [2.24, 2.45) is 5.92 Å². The second kappa shape index (κ2) is 6.67. The molecule has 0 radical (unpaired) electrons. The molecule has 0 atom stereocenters. The van der Waals surface area contributed by atoms with Crippen molar-refractivity contribution < 1.29 is 14.3 Å². The molecule has 2 aliphatic rings. The Balaban J connectivity index is 1.62. The number of carbonyl (C=O) groups excluding carboxylic acids is 1. The van der Waals surface area contributed by atoms with Crippen LogP contribution in [0.3, 0.4) is 0 Å². The second-order valence-electron chi connectivity index (χ2n) is 7.12. The van der Waals surface area contributed by atoms with E-state index in [1.54, 1.807) is 7.11 Å². The molecule has 1 N–H and O–H groups in total. The number of hydrogen-bond acceptors (Lipinski definition) is 6. The molecule has 2 heterocycles. The monoisotopic (exact) mass is 376 g/mol. The first-order valence-electron chi connectivity index (χ1n) is 9.36. The average molecular weight is 376 g/mol. The fourth-order valence-electron chi connectivity index (χ4n) is 3.37. The zero-order valence-electron chi connectivity index (χ0n) is 15.5. The Kier molecular flexibility index (Phi) is 4.00. The minimum Gasteiger partial charge on any atom is -0.497 e. The lowest BCUT2D eigenvalue weighted by Gasteiger charge is -2.31. The molecule has 7 nitrogen and oxygen atoms in total. The molecule has 1 aliphatic carbocycles. The molecule has 1 fully saturated rings. The second-order valence-corrected chi connectivity index (χ2v) is 7.12. The minimum absolute atomic E-state index is 0.108. The third kappa shape index (κ3) is 3.09. The number of carbonyl (C=O) groups is 1.